The van der Waals surface area contributed by atoms with Gasteiger partial charge in [-0.1, -0.05) is 34.1 Å². The molecule has 76 valence electrons. The van der Waals surface area contributed by atoms with Crippen LogP contribution in [0, 0.1) is 0 Å². The fourth-order valence-electron chi connectivity index (χ4n) is 1.38. The largest absolute Gasteiger partial charge is 0.309 e. The monoisotopic (exact) mass is 255 g/mol. The summed E-state index contributed by atoms with van der Waals surface area (Å²) in [6.45, 7) is 4.01. The van der Waals surface area contributed by atoms with E-state index in [1.807, 2.05) is 44.2 Å². The summed E-state index contributed by atoms with van der Waals surface area (Å²) in [6, 6.07) is 9.89. The number of halogens is 1. The van der Waals surface area contributed by atoms with Crippen molar-refractivity contribution in [3.05, 3.63) is 30.3 Å². The Kier molecular flexibility index (Phi) is 4.14. The summed E-state index contributed by atoms with van der Waals surface area (Å²) < 4.78 is 0. The summed E-state index contributed by atoms with van der Waals surface area (Å²) in [4.78, 5) is 13.4. The van der Waals surface area contributed by atoms with E-state index in [1.54, 1.807) is 4.90 Å². The number of nitrogens with zero attached hydrogens (tertiary/aromatic N) is 1. The van der Waals surface area contributed by atoms with Gasteiger partial charge < -0.3 is 4.90 Å². The van der Waals surface area contributed by atoms with E-state index in [4.69, 9.17) is 0 Å². The first-order valence-electron chi connectivity index (χ1n) is 4.60. The minimum atomic E-state index is 0.0891. The molecule has 0 aliphatic rings. The van der Waals surface area contributed by atoms with Crippen LogP contribution in [0.15, 0.2) is 30.3 Å². The molecule has 1 rings (SSSR count). The van der Waals surface area contributed by atoms with Crippen molar-refractivity contribution in [2.24, 2.45) is 0 Å². The third-order valence-corrected chi connectivity index (χ3v) is 2.41. The molecule has 0 heterocycles. The highest BCUT2D eigenvalue weighted by molar-refractivity contribution is 9.09. The predicted octanol–water partition coefficient (Wildman–Crippen LogP) is 2.82. The van der Waals surface area contributed by atoms with Gasteiger partial charge in [0.25, 0.3) is 0 Å². The molecular weight excluding hydrogens is 242 g/mol. The molecule has 0 atom stereocenters. The van der Waals surface area contributed by atoms with Crippen LogP contribution in [0.1, 0.15) is 13.8 Å². The van der Waals surface area contributed by atoms with Crippen LogP contribution in [-0.4, -0.2) is 17.3 Å². The first kappa shape index (κ1) is 11.2. The molecule has 0 unspecified atom stereocenters. The number of hydrogen-bond acceptors (Lipinski definition) is 1. The lowest BCUT2D eigenvalue weighted by Crippen LogP contribution is -2.37. The Bertz CT molecular complexity index is 297. The van der Waals surface area contributed by atoms with Crippen molar-refractivity contribution in [1.82, 2.24) is 0 Å². The predicted molar refractivity (Wildman–Crippen MR) is 62.9 cm³/mol. The number of hydrogen-bond donors (Lipinski definition) is 0. The fourth-order valence-corrected chi connectivity index (χ4v) is 1.65. The highest BCUT2D eigenvalue weighted by Crippen LogP contribution is 2.16. The summed E-state index contributed by atoms with van der Waals surface area (Å²) >= 11 is 3.19. The second-order valence-electron chi connectivity index (χ2n) is 3.33. The van der Waals surface area contributed by atoms with Crippen molar-refractivity contribution in [1.29, 1.82) is 0 Å². The third-order valence-electron chi connectivity index (χ3n) is 1.93. The quantitative estimate of drug-likeness (QED) is 0.761. The topological polar surface area (TPSA) is 20.3 Å². The fraction of sp³-hybridized carbons (Fsp3) is 0.364. The lowest BCUT2D eigenvalue weighted by atomic mass is 10.2. The van der Waals surface area contributed by atoms with E-state index in [0.29, 0.717) is 5.33 Å². The van der Waals surface area contributed by atoms with Crippen LogP contribution in [0.4, 0.5) is 5.69 Å². The van der Waals surface area contributed by atoms with Gasteiger partial charge in [-0.15, -0.1) is 0 Å². The van der Waals surface area contributed by atoms with Crippen LogP contribution >= 0.6 is 15.9 Å². The smallest absolute Gasteiger partial charge is 0.237 e. The molecule has 1 aromatic carbocycles. The number of para-hydroxylation sites is 1. The van der Waals surface area contributed by atoms with Gasteiger partial charge in [-0.05, 0) is 26.0 Å². The number of benzene rings is 1. The molecular formula is C11H14BrNO. The van der Waals surface area contributed by atoms with Gasteiger partial charge in [0.1, 0.15) is 0 Å². The van der Waals surface area contributed by atoms with Crippen LogP contribution < -0.4 is 4.90 Å². The summed E-state index contributed by atoms with van der Waals surface area (Å²) in [7, 11) is 0. The Morgan fingerprint density at radius 1 is 1.36 bits per heavy atom. The van der Waals surface area contributed by atoms with Crippen molar-refractivity contribution >= 4 is 27.5 Å². The van der Waals surface area contributed by atoms with E-state index >= 15 is 0 Å². The first-order chi connectivity index (χ1) is 6.66. The summed E-state index contributed by atoms with van der Waals surface area (Å²) in [6.07, 6.45) is 0. The van der Waals surface area contributed by atoms with Gasteiger partial charge in [0.2, 0.25) is 5.91 Å². The molecule has 0 aliphatic carbocycles. The number of carbonyl (C=O) groups is 1. The van der Waals surface area contributed by atoms with E-state index in [9.17, 15) is 4.79 Å². The molecule has 14 heavy (non-hydrogen) atoms. The number of rotatable bonds is 3. The molecule has 0 fully saturated rings. The van der Waals surface area contributed by atoms with E-state index in [-0.39, 0.29) is 11.9 Å². The molecule has 0 radical (unpaired) electrons. The van der Waals surface area contributed by atoms with Crippen molar-refractivity contribution in [2.45, 2.75) is 19.9 Å². The Balaban J connectivity index is 2.95. The van der Waals surface area contributed by atoms with Crippen molar-refractivity contribution in [2.75, 3.05) is 10.2 Å². The van der Waals surface area contributed by atoms with Gasteiger partial charge >= 0.3 is 0 Å². The summed E-state index contributed by atoms with van der Waals surface area (Å²) in [5.41, 5.74) is 0.951. The second kappa shape index (κ2) is 5.15. The van der Waals surface area contributed by atoms with E-state index in [0.717, 1.165) is 5.69 Å². The first-order valence-corrected chi connectivity index (χ1v) is 5.72. The molecule has 2 nitrogen and oxygen atoms in total. The second-order valence-corrected chi connectivity index (χ2v) is 3.89. The SMILES string of the molecule is CC(C)N(C(=O)CBr)c1ccccc1. The van der Waals surface area contributed by atoms with Crippen LogP contribution in [0.3, 0.4) is 0 Å². The standard InChI is InChI=1S/C11H14BrNO/c1-9(2)13(11(14)8-12)10-6-4-3-5-7-10/h3-7,9H,8H2,1-2H3. The normalized spacial score (nSPS) is 10.3. The molecule has 0 bridgehead atoms. The minimum absolute atomic E-state index is 0.0891. The Labute approximate surface area is 93.0 Å². The summed E-state index contributed by atoms with van der Waals surface area (Å²) in [5, 5.41) is 0.361. The third kappa shape index (κ3) is 2.58. The maximum absolute atomic E-state index is 11.6. The van der Waals surface area contributed by atoms with Gasteiger partial charge in [0.05, 0.1) is 5.33 Å². The van der Waals surface area contributed by atoms with Gasteiger partial charge in [0, 0.05) is 11.7 Å². The van der Waals surface area contributed by atoms with Crippen LogP contribution in [0.2, 0.25) is 0 Å². The highest BCUT2D eigenvalue weighted by Gasteiger charge is 2.16. The average Bonchev–Trinajstić information content (AvgIpc) is 2.19. The maximum Gasteiger partial charge on any atom is 0.237 e. The highest BCUT2D eigenvalue weighted by atomic mass is 79.9. The Hall–Kier alpha value is -0.830. The molecule has 0 aromatic heterocycles. The average molecular weight is 256 g/mol. The van der Waals surface area contributed by atoms with Gasteiger partial charge in [-0.25, -0.2) is 0 Å². The minimum Gasteiger partial charge on any atom is -0.309 e. The number of amides is 1. The molecule has 0 saturated carbocycles. The number of carbonyl (C=O) groups excluding carboxylic acids is 1. The van der Waals surface area contributed by atoms with Gasteiger partial charge in [-0.3, -0.25) is 4.79 Å². The maximum atomic E-state index is 11.6. The molecule has 1 amide bonds. The van der Waals surface area contributed by atoms with Gasteiger partial charge in [0.15, 0.2) is 0 Å². The molecule has 0 N–H and O–H groups in total. The van der Waals surface area contributed by atoms with Crippen LogP contribution in [-0.2, 0) is 4.79 Å². The zero-order valence-corrected chi connectivity index (χ0v) is 9.99. The van der Waals surface area contributed by atoms with E-state index < -0.39 is 0 Å². The van der Waals surface area contributed by atoms with Gasteiger partial charge in [-0.2, -0.15) is 0 Å². The van der Waals surface area contributed by atoms with E-state index in [1.165, 1.54) is 0 Å². The summed E-state index contributed by atoms with van der Waals surface area (Å²) in [5.74, 6) is 0.0891. The van der Waals surface area contributed by atoms with Crippen molar-refractivity contribution in [3.63, 3.8) is 0 Å². The van der Waals surface area contributed by atoms with Crippen LogP contribution in [0.25, 0.3) is 0 Å². The number of anilines is 1. The zero-order chi connectivity index (χ0) is 10.6. The van der Waals surface area contributed by atoms with Crippen molar-refractivity contribution in [3.8, 4) is 0 Å². The lowest BCUT2D eigenvalue weighted by molar-refractivity contribution is -0.116. The van der Waals surface area contributed by atoms with E-state index in [2.05, 4.69) is 15.9 Å². The molecule has 0 aliphatic heterocycles. The Morgan fingerprint density at radius 3 is 2.36 bits per heavy atom. The molecule has 3 heteroatoms. The number of alkyl halides is 1. The zero-order valence-electron chi connectivity index (χ0n) is 8.40. The molecule has 0 spiro atoms. The molecule has 1 aromatic rings. The molecule has 0 saturated heterocycles. The van der Waals surface area contributed by atoms with Crippen LogP contribution in [0.5, 0.6) is 0 Å². The van der Waals surface area contributed by atoms with Crippen molar-refractivity contribution < 1.29 is 4.79 Å². The Morgan fingerprint density at radius 2 is 1.93 bits per heavy atom. The lowest BCUT2D eigenvalue weighted by Gasteiger charge is -2.26.